The lowest BCUT2D eigenvalue weighted by Crippen LogP contribution is -3.08. The van der Waals surface area contributed by atoms with Crippen molar-refractivity contribution in [2.24, 2.45) is 5.92 Å². The molecular weight excluding hydrogens is 554 g/mol. The van der Waals surface area contributed by atoms with E-state index in [1.165, 1.54) is 18.4 Å². The van der Waals surface area contributed by atoms with E-state index in [2.05, 4.69) is 11.3 Å². The monoisotopic (exact) mass is 588 g/mol. The molecule has 1 fully saturated rings. The molecule has 16 heteroatoms. The maximum atomic E-state index is 12.6. The minimum atomic E-state index is -3.18. The summed E-state index contributed by atoms with van der Waals surface area (Å²) in [5.74, 6) is -7.04. The molecule has 0 spiro atoms. The number of aliphatic hydroxyl groups is 8. The number of quaternary nitrogens is 1. The summed E-state index contributed by atoms with van der Waals surface area (Å²) >= 11 is 0. The minimum Gasteiger partial charge on any atom is -0.477 e. The Bertz CT molecular complexity index is 1110. The molecule has 228 valence electrons. The van der Waals surface area contributed by atoms with E-state index in [0.717, 1.165) is 18.4 Å². The Kier molecular flexibility index (Phi) is 10.6. The quantitative estimate of drug-likeness (QED) is 0.0614. The number of esters is 1. The number of ether oxygens (including phenoxy) is 4. The average molecular weight is 589 g/mol. The third kappa shape index (κ3) is 6.74. The lowest BCUT2D eigenvalue weighted by Gasteiger charge is -2.47. The molecule has 0 amide bonds. The van der Waals surface area contributed by atoms with E-state index in [0.29, 0.717) is 10.5 Å². The van der Waals surface area contributed by atoms with E-state index in [1.807, 2.05) is 0 Å². The van der Waals surface area contributed by atoms with Crippen molar-refractivity contribution < 1.29 is 79.4 Å². The number of carbonyl (C=O) groups is 2. The zero-order valence-electron chi connectivity index (χ0n) is 21.6. The third-order valence-corrected chi connectivity index (χ3v) is 6.82. The Hall–Kier alpha value is -3.00. The van der Waals surface area contributed by atoms with Crippen molar-refractivity contribution in [2.45, 2.75) is 42.3 Å². The molecule has 8 unspecified atom stereocenters. The molecule has 0 aliphatic carbocycles. The number of carboxylic acids is 1. The van der Waals surface area contributed by atoms with E-state index in [4.69, 9.17) is 19.3 Å². The van der Waals surface area contributed by atoms with Gasteiger partial charge in [-0.3, -0.25) is 0 Å². The molecule has 41 heavy (non-hydrogen) atoms. The predicted octanol–water partition coefficient (Wildman–Crippen LogP) is -5.27. The molecule has 3 heterocycles. The maximum Gasteiger partial charge on any atom is 0.342 e. The number of aliphatic carboxylic acids is 1. The lowest BCUT2D eigenvalue weighted by atomic mass is 9.78. The van der Waals surface area contributed by atoms with Gasteiger partial charge in [0, 0.05) is 5.57 Å². The smallest absolute Gasteiger partial charge is 0.342 e. The highest BCUT2D eigenvalue weighted by atomic mass is 16.8. The zero-order chi connectivity index (χ0) is 30.5. The molecule has 8 atom stereocenters. The van der Waals surface area contributed by atoms with Crippen LogP contribution in [0.25, 0.3) is 0 Å². The van der Waals surface area contributed by atoms with Crippen molar-refractivity contribution in [2.75, 3.05) is 33.1 Å². The van der Waals surface area contributed by atoms with E-state index in [1.54, 1.807) is 0 Å². The second-order valence-corrected chi connectivity index (χ2v) is 9.48. The fourth-order valence-corrected chi connectivity index (χ4v) is 4.60. The molecule has 0 radical (unpaired) electrons. The molecule has 3 rings (SSSR count). The summed E-state index contributed by atoms with van der Waals surface area (Å²) in [5, 5.41) is 89.8. The van der Waals surface area contributed by atoms with Crippen LogP contribution in [0, 0.1) is 5.92 Å². The highest BCUT2D eigenvalue weighted by molar-refractivity contribution is 5.91. The van der Waals surface area contributed by atoms with Crippen LogP contribution in [0.2, 0.25) is 0 Å². The first-order valence-corrected chi connectivity index (χ1v) is 12.4. The number of rotatable bonds is 11. The van der Waals surface area contributed by atoms with Gasteiger partial charge in [-0.1, -0.05) is 12.2 Å². The van der Waals surface area contributed by atoms with Gasteiger partial charge < -0.3 is 69.8 Å². The zero-order valence-corrected chi connectivity index (χ0v) is 21.6. The molecule has 0 aromatic carbocycles. The summed E-state index contributed by atoms with van der Waals surface area (Å²) in [4.78, 5) is 24.8. The first-order valence-electron chi connectivity index (χ1n) is 12.4. The summed E-state index contributed by atoms with van der Waals surface area (Å²) in [6.07, 6.45) is -2.60. The summed E-state index contributed by atoms with van der Waals surface area (Å²) in [6.45, 7) is 1.82. The Morgan fingerprint density at radius 2 is 1.85 bits per heavy atom. The SMILES string of the molecule is C=CC1C(OC2OC(CO)C(O)C(O)(O)C2O)OC=C(C(=O)OCO)C1(O)C=CC1=CC(C(=O)O)=C[NH+](CCO)C1. The number of carboxylic acid groups (broad SMARTS) is 1. The van der Waals surface area contributed by atoms with Gasteiger partial charge in [0.2, 0.25) is 12.1 Å². The van der Waals surface area contributed by atoms with E-state index in [-0.39, 0.29) is 25.3 Å². The third-order valence-electron chi connectivity index (χ3n) is 6.82. The van der Waals surface area contributed by atoms with Crippen LogP contribution in [0.5, 0.6) is 0 Å². The van der Waals surface area contributed by atoms with Crippen LogP contribution in [0.4, 0.5) is 0 Å². The van der Waals surface area contributed by atoms with Crippen molar-refractivity contribution in [3.63, 3.8) is 0 Å². The van der Waals surface area contributed by atoms with Crippen LogP contribution in [0.1, 0.15) is 0 Å². The first-order chi connectivity index (χ1) is 19.3. The van der Waals surface area contributed by atoms with Gasteiger partial charge in [-0.2, -0.15) is 0 Å². The minimum absolute atomic E-state index is 0.0872. The van der Waals surface area contributed by atoms with E-state index >= 15 is 0 Å². The van der Waals surface area contributed by atoms with Crippen LogP contribution in [-0.2, 0) is 28.5 Å². The van der Waals surface area contributed by atoms with Gasteiger partial charge in [-0.15, -0.1) is 6.58 Å². The largest absolute Gasteiger partial charge is 0.477 e. The van der Waals surface area contributed by atoms with Crippen LogP contribution in [0.3, 0.4) is 0 Å². The molecule has 1 saturated heterocycles. The van der Waals surface area contributed by atoms with Gasteiger partial charge in [-0.05, 0) is 12.2 Å². The molecule has 0 aromatic heterocycles. The fraction of sp³-hybridized carbons (Fsp3) is 0.520. The number of hydrogen-bond donors (Lipinski definition) is 10. The standard InChI is InChI=1S/C25H33NO15/c1-2-15-22(41-23-19(31)25(36,37)18(30)17(10-28)40-23)38-11-16(21(34)39-12-29)24(15,35)4-3-13-7-14(20(32)33)9-26(8-13)5-6-27/h2-4,7,9,11,15,17-19,22-23,27-31,35-37H,1,5-6,8,10,12H2,(H,32,33)/p+1. The summed E-state index contributed by atoms with van der Waals surface area (Å²) in [6, 6.07) is 0. The van der Waals surface area contributed by atoms with Gasteiger partial charge >= 0.3 is 11.9 Å². The second kappa shape index (κ2) is 13.3. The topological polar surface area (TPSA) is 258 Å². The second-order valence-electron chi connectivity index (χ2n) is 9.48. The molecule has 0 saturated carbocycles. The predicted molar refractivity (Wildman–Crippen MR) is 132 cm³/mol. The van der Waals surface area contributed by atoms with Crippen LogP contribution in [0.15, 0.2) is 60.1 Å². The van der Waals surface area contributed by atoms with Gasteiger partial charge in [-0.25, -0.2) is 9.59 Å². The summed E-state index contributed by atoms with van der Waals surface area (Å²) in [7, 11) is 0. The Labute approximate surface area is 233 Å². The number of hydrogen-bond acceptors (Lipinski definition) is 14. The molecular formula is C25H34NO15+. The van der Waals surface area contributed by atoms with Crippen LogP contribution in [-0.4, -0.2) is 133 Å². The Balaban J connectivity index is 1.98. The highest BCUT2D eigenvalue weighted by Crippen LogP contribution is 2.40. The molecule has 0 aromatic rings. The normalized spacial score (nSPS) is 35.1. The molecule has 0 bridgehead atoms. The van der Waals surface area contributed by atoms with Gasteiger partial charge in [0.25, 0.3) is 0 Å². The fourth-order valence-electron chi connectivity index (χ4n) is 4.60. The van der Waals surface area contributed by atoms with Gasteiger partial charge in [0.05, 0.1) is 19.1 Å². The summed E-state index contributed by atoms with van der Waals surface area (Å²) < 4.78 is 20.8. The molecule has 16 nitrogen and oxygen atoms in total. The van der Waals surface area contributed by atoms with Crippen molar-refractivity contribution in [3.8, 4) is 0 Å². The van der Waals surface area contributed by atoms with Gasteiger partial charge in [0.1, 0.15) is 54.5 Å². The number of aliphatic hydroxyl groups excluding tert-OH is 5. The average Bonchev–Trinajstić information content (AvgIpc) is 2.93. The number of carbonyl (C=O) groups excluding carboxylic acids is 1. The highest BCUT2D eigenvalue weighted by Gasteiger charge is 2.57. The number of nitrogens with one attached hydrogen (secondary N) is 1. The van der Waals surface area contributed by atoms with Crippen molar-refractivity contribution in [3.05, 3.63) is 60.1 Å². The van der Waals surface area contributed by atoms with Crippen LogP contribution < -0.4 is 4.90 Å². The first kappa shape index (κ1) is 32.5. The molecule has 3 aliphatic rings. The van der Waals surface area contributed by atoms with Gasteiger partial charge in [0.15, 0.2) is 19.2 Å². The summed E-state index contributed by atoms with van der Waals surface area (Å²) in [5.41, 5.74) is -2.62. The molecule has 3 aliphatic heterocycles. The maximum absolute atomic E-state index is 12.6. The van der Waals surface area contributed by atoms with Crippen molar-refractivity contribution in [1.29, 1.82) is 0 Å². The molecule has 10 N–H and O–H groups in total. The van der Waals surface area contributed by atoms with Crippen molar-refractivity contribution >= 4 is 11.9 Å². The van der Waals surface area contributed by atoms with Crippen molar-refractivity contribution in [1.82, 2.24) is 0 Å². The van der Waals surface area contributed by atoms with Crippen LogP contribution >= 0.6 is 0 Å². The van der Waals surface area contributed by atoms with E-state index < -0.39 is 79.1 Å². The van der Waals surface area contributed by atoms with E-state index in [9.17, 15) is 50.4 Å². The Morgan fingerprint density at radius 1 is 1.15 bits per heavy atom. The lowest BCUT2D eigenvalue weighted by molar-refractivity contribution is -0.842. The Morgan fingerprint density at radius 3 is 2.44 bits per heavy atom.